The average molecular weight is 273 g/mol. The molecule has 2 nitrogen and oxygen atoms in total. The zero-order valence-electron chi connectivity index (χ0n) is 14.0. The molecule has 0 spiro atoms. The Morgan fingerprint density at radius 1 is 0.526 bits per heavy atom. The van der Waals surface area contributed by atoms with E-state index in [4.69, 9.17) is 5.84 Å². The summed E-state index contributed by atoms with van der Waals surface area (Å²) in [6, 6.07) is 0. The van der Waals surface area contributed by atoms with E-state index in [0.717, 1.165) is 6.54 Å². The van der Waals surface area contributed by atoms with E-state index in [1.54, 1.807) is 0 Å². The van der Waals surface area contributed by atoms with Crippen LogP contribution in [0.3, 0.4) is 0 Å². The van der Waals surface area contributed by atoms with Crippen molar-refractivity contribution in [2.75, 3.05) is 6.54 Å². The summed E-state index contributed by atoms with van der Waals surface area (Å²) < 4.78 is 0. The Morgan fingerprint density at radius 2 is 0.895 bits per heavy atom. The summed E-state index contributed by atoms with van der Waals surface area (Å²) in [5, 5.41) is 0. The van der Waals surface area contributed by atoms with Crippen molar-refractivity contribution in [1.82, 2.24) is 5.43 Å². The van der Waals surface area contributed by atoms with Crippen molar-refractivity contribution < 1.29 is 0 Å². The predicted molar refractivity (Wildman–Crippen MR) is 89.2 cm³/mol. The third-order valence-corrected chi connectivity index (χ3v) is 3.38. The number of hydrogen-bond acceptors (Lipinski definition) is 2. The first-order valence-electron chi connectivity index (χ1n) is 8.76. The van der Waals surface area contributed by atoms with Gasteiger partial charge in [0.05, 0.1) is 0 Å². The van der Waals surface area contributed by atoms with E-state index in [1.807, 2.05) is 0 Å². The highest BCUT2D eigenvalue weighted by atomic mass is 15.2. The third-order valence-electron chi connectivity index (χ3n) is 3.38. The minimum absolute atomic E-state index is 0.969. The molecule has 0 heterocycles. The minimum Gasteiger partial charge on any atom is -0.271 e. The lowest BCUT2D eigenvalue weighted by molar-refractivity contribution is 0.547. The van der Waals surface area contributed by atoms with Crippen LogP contribution in [0.4, 0.5) is 0 Å². The summed E-state index contributed by atoms with van der Waals surface area (Å²) in [5.74, 6) is 5.19. The molecule has 0 atom stereocenters. The second kappa shape index (κ2) is 23.0. The van der Waals surface area contributed by atoms with Crippen LogP contribution in [-0.2, 0) is 0 Å². The van der Waals surface area contributed by atoms with Gasteiger partial charge < -0.3 is 0 Å². The average Bonchev–Trinajstić information content (AvgIpc) is 2.43. The summed E-state index contributed by atoms with van der Waals surface area (Å²) in [7, 11) is 0. The largest absolute Gasteiger partial charge is 0.271 e. The first kappa shape index (κ1) is 21.2. The molecule has 0 amide bonds. The maximum absolute atomic E-state index is 5.19. The van der Waals surface area contributed by atoms with Gasteiger partial charge in [0.2, 0.25) is 0 Å². The molecule has 0 aromatic heterocycles. The molecule has 19 heavy (non-hydrogen) atoms. The topological polar surface area (TPSA) is 38.0 Å². The van der Waals surface area contributed by atoms with E-state index in [1.165, 1.54) is 83.5 Å². The van der Waals surface area contributed by atoms with Crippen LogP contribution < -0.4 is 11.3 Å². The Hall–Kier alpha value is -0.0800. The summed E-state index contributed by atoms with van der Waals surface area (Å²) in [6.45, 7) is 7.66. The number of unbranched alkanes of at least 4 members (excludes halogenated alkanes) is 11. The van der Waals surface area contributed by atoms with E-state index in [9.17, 15) is 0 Å². The molecule has 0 aromatic rings. The quantitative estimate of drug-likeness (QED) is 0.261. The molecule has 0 aromatic carbocycles. The molecular formula is C17H40N2. The van der Waals surface area contributed by atoms with Gasteiger partial charge in [0.25, 0.3) is 0 Å². The number of hydrogen-bond donors (Lipinski definition) is 2. The molecule has 0 unspecified atom stereocenters. The van der Waals surface area contributed by atoms with E-state index >= 15 is 0 Å². The van der Waals surface area contributed by atoms with Gasteiger partial charge in [-0.3, -0.25) is 11.3 Å². The fraction of sp³-hybridized carbons (Fsp3) is 1.00. The molecule has 0 bridgehead atoms. The molecule has 0 rings (SSSR count). The minimum atomic E-state index is 0.969. The SMILES string of the molecule is CCCCC.CCCCCCCCCCCCNN. The van der Waals surface area contributed by atoms with Crippen LogP contribution in [-0.4, -0.2) is 6.54 Å². The van der Waals surface area contributed by atoms with Gasteiger partial charge in [-0.1, -0.05) is 97.8 Å². The van der Waals surface area contributed by atoms with Gasteiger partial charge in [0, 0.05) is 6.54 Å². The maximum atomic E-state index is 5.19. The van der Waals surface area contributed by atoms with E-state index in [-0.39, 0.29) is 0 Å². The van der Waals surface area contributed by atoms with Crippen molar-refractivity contribution >= 4 is 0 Å². The second-order valence-corrected chi connectivity index (χ2v) is 5.49. The lowest BCUT2D eigenvalue weighted by Crippen LogP contribution is -2.22. The molecule has 0 aliphatic heterocycles. The van der Waals surface area contributed by atoms with Crippen molar-refractivity contribution in [2.24, 2.45) is 5.84 Å². The molecule has 0 aliphatic rings. The van der Waals surface area contributed by atoms with Crippen molar-refractivity contribution in [3.05, 3.63) is 0 Å². The Labute approximate surface area is 122 Å². The zero-order chi connectivity index (χ0) is 14.6. The van der Waals surface area contributed by atoms with Crippen LogP contribution in [0.5, 0.6) is 0 Å². The van der Waals surface area contributed by atoms with Gasteiger partial charge in [0.15, 0.2) is 0 Å². The standard InChI is InChI=1S/C12H28N2.C5H12/c1-2-3-4-5-6-7-8-9-10-11-12-14-13;1-3-5-4-2/h14H,2-13H2,1H3;3-5H2,1-2H3. The predicted octanol–water partition coefficient (Wildman–Crippen LogP) is 5.57. The van der Waals surface area contributed by atoms with Crippen molar-refractivity contribution in [2.45, 2.75) is 104 Å². The maximum Gasteiger partial charge on any atom is 0.00974 e. The molecule has 0 aliphatic carbocycles. The van der Waals surface area contributed by atoms with E-state index < -0.39 is 0 Å². The number of nitrogens with one attached hydrogen (secondary N) is 1. The highest BCUT2D eigenvalue weighted by Gasteiger charge is 1.91. The fourth-order valence-electron chi connectivity index (χ4n) is 2.07. The molecular weight excluding hydrogens is 232 g/mol. The molecule has 0 radical (unpaired) electrons. The lowest BCUT2D eigenvalue weighted by atomic mass is 10.1. The highest BCUT2D eigenvalue weighted by molar-refractivity contribution is 4.47. The Kier molecular flexibility index (Phi) is 25.7. The van der Waals surface area contributed by atoms with Crippen LogP contribution in [0.1, 0.15) is 104 Å². The van der Waals surface area contributed by atoms with Crippen LogP contribution in [0.25, 0.3) is 0 Å². The van der Waals surface area contributed by atoms with E-state index in [0.29, 0.717) is 0 Å². The van der Waals surface area contributed by atoms with Gasteiger partial charge in [-0.25, -0.2) is 0 Å². The molecule has 118 valence electrons. The summed E-state index contributed by atoms with van der Waals surface area (Å²) in [6.07, 6.45) is 18.0. The van der Waals surface area contributed by atoms with Crippen molar-refractivity contribution in [3.8, 4) is 0 Å². The van der Waals surface area contributed by atoms with E-state index in [2.05, 4.69) is 26.2 Å². The molecule has 0 saturated heterocycles. The Balaban J connectivity index is 0. The van der Waals surface area contributed by atoms with Crippen molar-refractivity contribution in [3.63, 3.8) is 0 Å². The van der Waals surface area contributed by atoms with Crippen LogP contribution in [0, 0.1) is 0 Å². The van der Waals surface area contributed by atoms with Gasteiger partial charge in [0.1, 0.15) is 0 Å². The molecule has 2 heteroatoms. The monoisotopic (exact) mass is 272 g/mol. The van der Waals surface area contributed by atoms with Gasteiger partial charge in [-0.15, -0.1) is 0 Å². The Morgan fingerprint density at radius 3 is 1.21 bits per heavy atom. The number of rotatable bonds is 13. The first-order chi connectivity index (χ1) is 9.33. The molecule has 0 saturated carbocycles. The normalized spacial score (nSPS) is 10.1. The van der Waals surface area contributed by atoms with Gasteiger partial charge >= 0.3 is 0 Å². The smallest absolute Gasteiger partial charge is 0.00974 e. The zero-order valence-corrected chi connectivity index (χ0v) is 14.0. The molecule has 0 fully saturated rings. The first-order valence-corrected chi connectivity index (χ1v) is 8.76. The number of nitrogens with two attached hydrogens (primary N) is 1. The summed E-state index contributed by atoms with van der Waals surface area (Å²) in [5.41, 5.74) is 2.69. The Bertz CT molecular complexity index is 112. The van der Waals surface area contributed by atoms with Crippen LogP contribution in [0.2, 0.25) is 0 Å². The fourth-order valence-corrected chi connectivity index (χ4v) is 2.07. The summed E-state index contributed by atoms with van der Waals surface area (Å²) >= 11 is 0. The van der Waals surface area contributed by atoms with Crippen molar-refractivity contribution in [1.29, 1.82) is 0 Å². The number of hydrazine groups is 1. The van der Waals surface area contributed by atoms with Crippen LogP contribution >= 0.6 is 0 Å². The molecule has 3 N–H and O–H groups in total. The van der Waals surface area contributed by atoms with Gasteiger partial charge in [-0.2, -0.15) is 0 Å². The highest BCUT2D eigenvalue weighted by Crippen LogP contribution is 2.09. The van der Waals surface area contributed by atoms with Gasteiger partial charge in [-0.05, 0) is 6.42 Å². The lowest BCUT2D eigenvalue weighted by Gasteiger charge is -2.01. The third kappa shape index (κ3) is 27.2. The second-order valence-electron chi connectivity index (χ2n) is 5.49. The summed E-state index contributed by atoms with van der Waals surface area (Å²) in [4.78, 5) is 0. The van der Waals surface area contributed by atoms with Crippen LogP contribution in [0.15, 0.2) is 0 Å².